The summed E-state index contributed by atoms with van der Waals surface area (Å²) < 4.78 is 1.74. The first-order chi connectivity index (χ1) is 11.5. The van der Waals surface area contributed by atoms with Crippen molar-refractivity contribution in [1.82, 2.24) is 9.38 Å². The predicted molar refractivity (Wildman–Crippen MR) is 98.3 cm³/mol. The lowest BCUT2D eigenvalue weighted by Gasteiger charge is -2.10. The molecule has 6 heteroatoms. The Morgan fingerprint density at radius 2 is 2.04 bits per heavy atom. The number of nitrogens with one attached hydrogen (secondary N) is 1. The van der Waals surface area contributed by atoms with Crippen LogP contribution in [0.2, 0.25) is 10.0 Å². The van der Waals surface area contributed by atoms with Gasteiger partial charge in [-0.1, -0.05) is 42.6 Å². The SMILES string of the molecule is CCCc1nc2ccc(Cl)cn2c1C(=O)Nc1cccc(Cl)c1C. The molecule has 0 bridgehead atoms. The second-order valence-electron chi connectivity index (χ2n) is 5.60. The van der Waals surface area contributed by atoms with Gasteiger partial charge in [-0.15, -0.1) is 0 Å². The third kappa shape index (κ3) is 3.12. The van der Waals surface area contributed by atoms with Gasteiger partial charge in [0, 0.05) is 16.9 Å². The molecule has 3 aromatic rings. The molecule has 0 unspecified atom stereocenters. The summed E-state index contributed by atoms with van der Waals surface area (Å²) in [7, 11) is 0. The van der Waals surface area contributed by atoms with Crippen LogP contribution < -0.4 is 5.32 Å². The number of hydrogen-bond donors (Lipinski definition) is 1. The highest BCUT2D eigenvalue weighted by molar-refractivity contribution is 6.32. The van der Waals surface area contributed by atoms with E-state index in [1.165, 1.54) is 0 Å². The Kier molecular flexibility index (Phi) is 4.78. The van der Waals surface area contributed by atoms with Crippen molar-refractivity contribution >= 4 is 40.4 Å². The van der Waals surface area contributed by atoms with Gasteiger partial charge in [-0.3, -0.25) is 9.20 Å². The molecule has 2 aromatic heterocycles. The van der Waals surface area contributed by atoms with Gasteiger partial charge in [0.1, 0.15) is 11.3 Å². The molecule has 124 valence electrons. The number of carbonyl (C=O) groups excluding carboxylic acids is 1. The highest BCUT2D eigenvalue weighted by atomic mass is 35.5. The van der Waals surface area contributed by atoms with Crippen molar-refractivity contribution in [3.05, 3.63) is 63.5 Å². The molecule has 4 nitrogen and oxygen atoms in total. The van der Waals surface area contributed by atoms with Crippen LogP contribution in [-0.4, -0.2) is 15.3 Å². The summed E-state index contributed by atoms with van der Waals surface area (Å²) in [5, 5.41) is 4.10. The van der Waals surface area contributed by atoms with Crippen LogP contribution in [0.5, 0.6) is 0 Å². The number of hydrogen-bond acceptors (Lipinski definition) is 2. The minimum atomic E-state index is -0.224. The normalized spacial score (nSPS) is 11.0. The molecule has 1 aromatic carbocycles. The maximum Gasteiger partial charge on any atom is 0.274 e. The molecule has 0 radical (unpaired) electrons. The summed E-state index contributed by atoms with van der Waals surface area (Å²) in [6.07, 6.45) is 3.33. The Morgan fingerprint density at radius 1 is 1.25 bits per heavy atom. The average Bonchev–Trinajstić information content (AvgIpc) is 2.89. The van der Waals surface area contributed by atoms with Gasteiger partial charge in [-0.25, -0.2) is 4.98 Å². The fourth-order valence-electron chi connectivity index (χ4n) is 2.64. The molecule has 0 aliphatic rings. The minimum Gasteiger partial charge on any atom is -0.320 e. The summed E-state index contributed by atoms with van der Waals surface area (Å²) in [4.78, 5) is 17.5. The number of benzene rings is 1. The van der Waals surface area contributed by atoms with E-state index in [-0.39, 0.29) is 5.91 Å². The zero-order valence-electron chi connectivity index (χ0n) is 13.4. The maximum atomic E-state index is 12.9. The van der Waals surface area contributed by atoms with Crippen molar-refractivity contribution in [1.29, 1.82) is 0 Å². The summed E-state index contributed by atoms with van der Waals surface area (Å²) in [6.45, 7) is 3.93. The monoisotopic (exact) mass is 361 g/mol. The second-order valence-corrected chi connectivity index (χ2v) is 6.44. The topological polar surface area (TPSA) is 46.4 Å². The molecule has 0 aliphatic carbocycles. The summed E-state index contributed by atoms with van der Waals surface area (Å²) in [5.41, 5.74) is 3.49. The highest BCUT2D eigenvalue weighted by Crippen LogP contribution is 2.25. The van der Waals surface area contributed by atoms with Gasteiger partial charge >= 0.3 is 0 Å². The number of aryl methyl sites for hydroxylation is 1. The lowest BCUT2D eigenvalue weighted by Crippen LogP contribution is -2.17. The van der Waals surface area contributed by atoms with E-state index in [2.05, 4.69) is 17.2 Å². The Hall–Kier alpha value is -2.04. The standard InChI is InChI=1S/C18H17Cl2N3O/c1-3-5-15-17(23-10-12(19)8-9-16(23)21-15)18(24)22-14-7-4-6-13(20)11(14)2/h4,6-10H,3,5H2,1-2H3,(H,22,24). The average molecular weight is 362 g/mol. The van der Waals surface area contributed by atoms with Gasteiger partial charge < -0.3 is 5.32 Å². The molecule has 0 atom stereocenters. The van der Waals surface area contributed by atoms with Gasteiger partial charge in [-0.2, -0.15) is 0 Å². The molecule has 2 heterocycles. The van der Waals surface area contributed by atoms with E-state index in [0.717, 1.165) is 24.1 Å². The van der Waals surface area contributed by atoms with E-state index in [9.17, 15) is 4.79 Å². The van der Waals surface area contributed by atoms with Gasteiger partial charge in [-0.05, 0) is 43.2 Å². The first-order valence-corrected chi connectivity index (χ1v) is 8.49. The second kappa shape index (κ2) is 6.83. The van der Waals surface area contributed by atoms with Crippen LogP contribution in [0.4, 0.5) is 5.69 Å². The molecule has 0 spiro atoms. The van der Waals surface area contributed by atoms with Crippen molar-refractivity contribution in [2.45, 2.75) is 26.7 Å². The number of anilines is 1. The number of aromatic nitrogens is 2. The summed E-state index contributed by atoms with van der Waals surface area (Å²) in [5.74, 6) is -0.224. The fraction of sp³-hybridized carbons (Fsp3) is 0.222. The molecule has 0 saturated carbocycles. The molecule has 0 fully saturated rings. The van der Waals surface area contributed by atoms with E-state index in [1.807, 2.05) is 25.1 Å². The van der Waals surface area contributed by atoms with Crippen LogP contribution in [0, 0.1) is 6.92 Å². The number of imidazole rings is 1. The van der Waals surface area contributed by atoms with Crippen LogP contribution in [0.3, 0.4) is 0 Å². The van der Waals surface area contributed by atoms with E-state index in [1.54, 1.807) is 22.7 Å². The molecule has 0 aliphatic heterocycles. The third-order valence-corrected chi connectivity index (χ3v) is 4.51. The van der Waals surface area contributed by atoms with Crippen molar-refractivity contribution in [2.24, 2.45) is 0 Å². The number of fused-ring (bicyclic) bond motifs is 1. The zero-order chi connectivity index (χ0) is 17.3. The maximum absolute atomic E-state index is 12.9. The van der Waals surface area contributed by atoms with Gasteiger partial charge in [0.15, 0.2) is 0 Å². The smallest absolute Gasteiger partial charge is 0.274 e. The number of carbonyl (C=O) groups is 1. The number of pyridine rings is 1. The number of halogens is 2. The lowest BCUT2D eigenvalue weighted by molar-refractivity contribution is 0.102. The Labute approximate surface area is 150 Å². The quantitative estimate of drug-likeness (QED) is 0.697. The van der Waals surface area contributed by atoms with E-state index in [0.29, 0.717) is 27.1 Å². The predicted octanol–water partition coefficient (Wildman–Crippen LogP) is 5.15. The molecular weight excluding hydrogens is 345 g/mol. The number of rotatable bonds is 4. The van der Waals surface area contributed by atoms with Gasteiger partial charge in [0.25, 0.3) is 5.91 Å². The minimum absolute atomic E-state index is 0.224. The largest absolute Gasteiger partial charge is 0.320 e. The van der Waals surface area contributed by atoms with Crippen molar-refractivity contribution in [3.63, 3.8) is 0 Å². The van der Waals surface area contributed by atoms with Crippen LogP contribution in [-0.2, 0) is 6.42 Å². The first kappa shape index (κ1) is 16.8. The number of nitrogens with zero attached hydrogens (tertiary/aromatic N) is 2. The fourth-order valence-corrected chi connectivity index (χ4v) is 2.98. The molecular formula is C18H17Cl2N3O. The van der Waals surface area contributed by atoms with Crippen LogP contribution in [0.25, 0.3) is 5.65 Å². The highest BCUT2D eigenvalue weighted by Gasteiger charge is 2.20. The van der Waals surface area contributed by atoms with Crippen molar-refractivity contribution < 1.29 is 4.79 Å². The Bertz CT molecular complexity index is 918. The van der Waals surface area contributed by atoms with Crippen LogP contribution in [0.1, 0.15) is 35.1 Å². The van der Waals surface area contributed by atoms with Crippen molar-refractivity contribution in [2.75, 3.05) is 5.32 Å². The Balaban J connectivity index is 2.06. The summed E-state index contributed by atoms with van der Waals surface area (Å²) >= 11 is 12.2. The molecule has 1 amide bonds. The third-order valence-electron chi connectivity index (χ3n) is 3.87. The first-order valence-electron chi connectivity index (χ1n) is 7.74. The van der Waals surface area contributed by atoms with E-state index >= 15 is 0 Å². The van der Waals surface area contributed by atoms with E-state index < -0.39 is 0 Å². The molecule has 0 saturated heterocycles. The van der Waals surface area contributed by atoms with Crippen LogP contribution in [0.15, 0.2) is 36.5 Å². The van der Waals surface area contributed by atoms with Gasteiger partial charge in [0.05, 0.1) is 10.7 Å². The molecule has 24 heavy (non-hydrogen) atoms. The van der Waals surface area contributed by atoms with E-state index in [4.69, 9.17) is 23.2 Å². The van der Waals surface area contributed by atoms with Crippen molar-refractivity contribution in [3.8, 4) is 0 Å². The van der Waals surface area contributed by atoms with Crippen LogP contribution >= 0.6 is 23.2 Å². The molecule has 1 N–H and O–H groups in total. The molecule has 3 rings (SSSR count). The summed E-state index contributed by atoms with van der Waals surface area (Å²) in [6, 6.07) is 9.01. The lowest BCUT2D eigenvalue weighted by atomic mass is 10.1. The van der Waals surface area contributed by atoms with Gasteiger partial charge in [0.2, 0.25) is 0 Å². The zero-order valence-corrected chi connectivity index (χ0v) is 14.9. The number of amides is 1. The Morgan fingerprint density at radius 3 is 2.79 bits per heavy atom.